The third-order valence-corrected chi connectivity index (χ3v) is 3.77. The van der Waals surface area contributed by atoms with Crippen LogP contribution >= 0.6 is 11.6 Å². The van der Waals surface area contributed by atoms with Gasteiger partial charge < -0.3 is 9.32 Å². The van der Waals surface area contributed by atoms with Gasteiger partial charge in [0.05, 0.1) is 0 Å². The number of halogens is 1. The number of benzene rings is 2. The molecule has 0 saturated carbocycles. The van der Waals surface area contributed by atoms with E-state index in [-0.39, 0.29) is 11.5 Å². The summed E-state index contributed by atoms with van der Waals surface area (Å²) in [6, 6.07) is 16.0. The van der Waals surface area contributed by atoms with Crippen molar-refractivity contribution < 1.29 is 9.21 Å². The van der Waals surface area contributed by atoms with Crippen molar-refractivity contribution in [1.82, 2.24) is 4.90 Å². The summed E-state index contributed by atoms with van der Waals surface area (Å²) in [7, 11) is 1.65. The summed E-state index contributed by atoms with van der Waals surface area (Å²) in [6.45, 7) is 0.409. The Hall–Kier alpha value is -2.59. The summed E-state index contributed by atoms with van der Waals surface area (Å²) in [5, 5.41) is 1.14. The number of carbonyl (C=O) groups is 1. The van der Waals surface area contributed by atoms with E-state index in [1.165, 1.54) is 11.0 Å². The lowest BCUT2D eigenvalue weighted by atomic mass is 10.1. The maximum absolute atomic E-state index is 12.5. The topological polar surface area (TPSA) is 50.5 Å². The van der Waals surface area contributed by atoms with E-state index in [1.54, 1.807) is 25.2 Å². The molecule has 0 bridgehead atoms. The highest BCUT2D eigenvalue weighted by Gasteiger charge is 2.18. The molecule has 116 valence electrons. The molecule has 0 atom stereocenters. The predicted octanol–water partition coefficient (Wildman–Crippen LogP) is 3.72. The molecule has 0 spiro atoms. The number of carbonyl (C=O) groups excluding carboxylic acids is 1. The summed E-state index contributed by atoms with van der Waals surface area (Å²) in [5.74, 6) is -0.385. The maximum Gasteiger partial charge on any atom is 0.349 e. The fourth-order valence-electron chi connectivity index (χ4n) is 2.38. The lowest BCUT2D eigenvalue weighted by Crippen LogP contribution is -2.30. The van der Waals surface area contributed by atoms with Crippen LogP contribution in [-0.4, -0.2) is 17.9 Å². The van der Waals surface area contributed by atoms with Crippen molar-refractivity contribution >= 4 is 28.5 Å². The summed E-state index contributed by atoms with van der Waals surface area (Å²) in [4.78, 5) is 26.1. The highest BCUT2D eigenvalue weighted by molar-refractivity contribution is 6.31. The van der Waals surface area contributed by atoms with Crippen LogP contribution < -0.4 is 5.63 Å². The van der Waals surface area contributed by atoms with Crippen molar-refractivity contribution in [2.75, 3.05) is 7.05 Å². The van der Waals surface area contributed by atoms with Crippen molar-refractivity contribution in [3.63, 3.8) is 0 Å². The van der Waals surface area contributed by atoms with Gasteiger partial charge in [-0.3, -0.25) is 4.79 Å². The molecule has 0 N–H and O–H groups in total. The Balaban J connectivity index is 1.93. The zero-order valence-electron chi connectivity index (χ0n) is 12.5. The van der Waals surface area contributed by atoms with E-state index in [0.29, 0.717) is 22.5 Å². The van der Waals surface area contributed by atoms with E-state index in [1.807, 2.05) is 30.3 Å². The zero-order chi connectivity index (χ0) is 16.4. The molecule has 0 aliphatic rings. The Bertz CT molecular complexity index is 918. The number of fused-ring (bicyclic) bond motifs is 1. The van der Waals surface area contributed by atoms with Gasteiger partial charge >= 0.3 is 5.63 Å². The van der Waals surface area contributed by atoms with E-state index in [2.05, 4.69) is 0 Å². The quantitative estimate of drug-likeness (QED) is 0.689. The Kier molecular flexibility index (Phi) is 4.17. The zero-order valence-corrected chi connectivity index (χ0v) is 13.2. The molecule has 4 nitrogen and oxygen atoms in total. The van der Waals surface area contributed by atoms with Crippen LogP contribution in [0.5, 0.6) is 0 Å². The smallest absolute Gasteiger partial charge is 0.349 e. The first kappa shape index (κ1) is 15.3. The fraction of sp³-hybridized carbons (Fsp3) is 0.111. The molecule has 1 amide bonds. The third kappa shape index (κ3) is 3.27. The van der Waals surface area contributed by atoms with E-state index in [4.69, 9.17) is 16.0 Å². The number of nitrogens with zero attached hydrogens (tertiary/aromatic N) is 1. The van der Waals surface area contributed by atoms with Gasteiger partial charge in [0.2, 0.25) is 0 Å². The molecule has 1 aromatic heterocycles. The second-order valence-corrected chi connectivity index (χ2v) is 5.71. The fourth-order valence-corrected chi connectivity index (χ4v) is 2.56. The van der Waals surface area contributed by atoms with Crippen molar-refractivity contribution in [3.8, 4) is 0 Å². The van der Waals surface area contributed by atoms with Gasteiger partial charge in [0, 0.05) is 24.0 Å². The summed E-state index contributed by atoms with van der Waals surface area (Å²) >= 11 is 5.95. The second-order valence-electron chi connectivity index (χ2n) is 5.28. The van der Waals surface area contributed by atoms with Crippen LogP contribution in [0.25, 0.3) is 11.0 Å². The molecular weight excluding hydrogens is 314 g/mol. The van der Waals surface area contributed by atoms with Crippen LogP contribution in [0.3, 0.4) is 0 Å². The van der Waals surface area contributed by atoms with Crippen LogP contribution in [0.1, 0.15) is 15.9 Å². The monoisotopic (exact) mass is 327 g/mol. The molecule has 1 heterocycles. The molecule has 0 radical (unpaired) electrons. The SMILES string of the molecule is CN(Cc1ccccc1)C(=O)c1cc2cc(Cl)ccc2oc1=O. The van der Waals surface area contributed by atoms with Crippen LogP contribution in [0, 0.1) is 0 Å². The van der Waals surface area contributed by atoms with Gasteiger partial charge in [-0.15, -0.1) is 0 Å². The summed E-state index contributed by atoms with van der Waals surface area (Å²) < 4.78 is 5.21. The first-order valence-electron chi connectivity index (χ1n) is 7.07. The Morgan fingerprint density at radius 3 is 2.61 bits per heavy atom. The van der Waals surface area contributed by atoms with Gasteiger partial charge in [-0.05, 0) is 29.8 Å². The normalized spacial score (nSPS) is 10.7. The molecule has 0 saturated heterocycles. The highest BCUT2D eigenvalue weighted by Crippen LogP contribution is 2.19. The Morgan fingerprint density at radius 2 is 1.87 bits per heavy atom. The van der Waals surface area contributed by atoms with Crippen molar-refractivity contribution in [2.45, 2.75) is 6.54 Å². The maximum atomic E-state index is 12.5. The minimum Gasteiger partial charge on any atom is -0.422 e. The minimum absolute atomic E-state index is 0.00167. The number of hydrogen-bond donors (Lipinski definition) is 0. The Morgan fingerprint density at radius 1 is 1.13 bits per heavy atom. The van der Waals surface area contributed by atoms with Gasteiger partial charge in [0.1, 0.15) is 11.1 Å². The molecule has 23 heavy (non-hydrogen) atoms. The van der Waals surface area contributed by atoms with Gasteiger partial charge in [-0.25, -0.2) is 4.79 Å². The summed E-state index contributed by atoms with van der Waals surface area (Å²) in [6.07, 6.45) is 0. The van der Waals surface area contributed by atoms with Gasteiger partial charge in [-0.2, -0.15) is 0 Å². The number of hydrogen-bond acceptors (Lipinski definition) is 3. The first-order chi connectivity index (χ1) is 11.0. The molecule has 0 fully saturated rings. The first-order valence-corrected chi connectivity index (χ1v) is 7.45. The van der Waals surface area contributed by atoms with E-state index < -0.39 is 5.63 Å². The summed E-state index contributed by atoms with van der Waals surface area (Å²) in [5.41, 5.74) is 0.737. The van der Waals surface area contributed by atoms with E-state index >= 15 is 0 Å². The largest absolute Gasteiger partial charge is 0.422 e. The predicted molar refractivity (Wildman–Crippen MR) is 89.7 cm³/mol. The standard InChI is InChI=1S/C18H14ClNO3/c1-20(11-12-5-3-2-4-6-12)17(21)15-10-13-9-14(19)7-8-16(13)23-18(15)22/h2-10H,11H2,1H3. The highest BCUT2D eigenvalue weighted by atomic mass is 35.5. The molecule has 3 rings (SSSR count). The number of amides is 1. The van der Waals surface area contributed by atoms with Crippen LogP contribution in [0.4, 0.5) is 0 Å². The molecule has 0 aliphatic heterocycles. The van der Waals surface area contributed by atoms with Crippen molar-refractivity contribution in [3.05, 3.63) is 81.2 Å². The van der Waals surface area contributed by atoms with Gasteiger partial charge in [-0.1, -0.05) is 41.9 Å². The van der Waals surface area contributed by atoms with Crippen molar-refractivity contribution in [2.24, 2.45) is 0 Å². The molecular formula is C18H14ClNO3. The van der Waals surface area contributed by atoms with Crippen LogP contribution in [0.2, 0.25) is 5.02 Å². The van der Waals surface area contributed by atoms with E-state index in [9.17, 15) is 9.59 Å². The lowest BCUT2D eigenvalue weighted by molar-refractivity contribution is 0.0781. The van der Waals surface area contributed by atoms with Gasteiger partial charge in [0.25, 0.3) is 5.91 Å². The van der Waals surface area contributed by atoms with E-state index in [0.717, 1.165) is 5.56 Å². The average Bonchev–Trinajstić information content (AvgIpc) is 2.55. The Labute approximate surface area is 137 Å². The third-order valence-electron chi connectivity index (χ3n) is 3.53. The number of rotatable bonds is 3. The van der Waals surface area contributed by atoms with Crippen LogP contribution in [0.15, 0.2) is 63.8 Å². The average molecular weight is 328 g/mol. The van der Waals surface area contributed by atoms with Crippen LogP contribution in [-0.2, 0) is 6.54 Å². The second kappa shape index (κ2) is 6.26. The van der Waals surface area contributed by atoms with Crippen molar-refractivity contribution in [1.29, 1.82) is 0 Å². The molecule has 0 unspecified atom stereocenters. The molecule has 0 aliphatic carbocycles. The molecule has 2 aromatic carbocycles. The van der Waals surface area contributed by atoms with Gasteiger partial charge in [0.15, 0.2) is 0 Å². The minimum atomic E-state index is -0.648. The molecule has 5 heteroatoms. The molecule has 3 aromatic rings. The lowest BCUT2D eigenvalue weighted by Gasteiger charge is -2.16.